The average Bonchev–Trinajstić information content (AvgIpc) is 2.53. The predicted octanol–water partition coefficient (Wildman–Crippen LogP) is 3.15. The van der Waals surface area contributed by atoms with Gasteiger partial charge in [-0.15, -0.1) is 0 Å². The number of hydrogen-bond acceptors (Lipinski definition) is 4. The van der Waals surface area contributed by atoms with Crippen LogP contribution < -0.4 is 19.9 Å². The van der Waals surface area contributed by atoms with Crippen molar-refractivity contribution in [1.29, 1.82) is 0 Å². The maximum absolute atomic E-state index is 5.89. The molecular weight excluding hydrogens is 266 g/mol. The van der Waals surface area contributed by atoms with Crippen LogP contribution in [-0.2, 0) is 6.54 Å². The summed E-state index contributed by atoms with van der Waals surface area (Å²) in [4.78, 5) is 0. The van der Waals surface area contributed by atoms with E-state index in [4.69, 9.17) is 19.9 Å². The number of aryl methyl sites for hydroxylation is 1. The molecule has 2 aromatic rings. The van der Waals surface area contributed by atoms with Crippen LogP contribution in [-0.4, -0.2) is 21.3 Å². The lowest BCUT2D eigenvalue weighted by molar-refractivity contribution is 0.354. The topological polar surface area (TPSA) is 53.7 Å². The van der Waals surface area contributed by atoms with Crippen molar-refractivity contribution in [2.24, 2.45) is 5.73 Å². The summed E-state index contributed by atoms with van der Waals surface area (Å²) >= 11 is 0. The second kappa shape index (κ2) is 6.50. The van der Waals surface area contributed by atoms with Gasteiger partial charge in [-0.2, -0.15) is 0 Å². The zero-order chi connectivity index (χ0) is 15.4. The molecule has 0 aliphatic rings. The van der Waals surface area contributed by atoms with Gasteiger partial charge in [0, 0.05) is 6.54 Å². The molecule has 0 bridgehead atoms. The van der Waals surface area contributed by atoms with E-state index in [-0.39, 0.29) is 0 Å². The summed E-state index contributed by atoms with van der Waals surface area (Å²) in [6.45, 7) is 2.48. The molecule has 4 nitrogen and oxygen atoms in total. The number of methoxy groups -OCH3 is 3. The molecule has 0 fully saturated rings. The minimum Gasteiger partial charge on any atom is -0.497 e. The zero-order valence-corrected chi connectivity index (χ0v) is 12.9. The summed E-state index contributed by atoms with van der Waals surface area (Å²) in [6.07, 6.45) is 0. The first kappa shape index (κ1) is 15.2. The lowest BCUT2D eigenvalue weighted by Gasteiger charge is -2.16. The van der Waals surface area contributed by atoms with E-state index < -0.39 is 0 Å². The highest BCUT2D eigenvalue weighted by atomic mass is 16.5. The third kappa shape index (κ3) is 2.95. The summed E-state index contributed by atoms with van der Waals surface area (Å²) in [6, 6.07) is 9.88. The van der Waals surface area contributed by atoms with E-state index >= 15 is 0 Å². The van der Waals surface area contributed by atoms with Crippen molar-refractivity contribution in [3.8, 4) is 28.4 Å². The van der Waals surface area contributed by atoms with Crippen LogP contribution in [0.25, 0.3) is 11.1 Å². The van der Waals surface area contributed by atoms with Crippen molar-refractivity contribution < 1.29 is 14.2 Å². The van der Waals surface area contributed by atoms with Crippen LogP contribution in [0.5, 0.6) is 17.2 Å². The smallest absolute Gasteiger partial charge is 0.161 e. The fourth-order valence-corrected chi connectivity index (χ4v) is 2.41. The molecule has 0 atom stereocenters. The molecular formula is C17H21NO3. The van der Waals surface area contributed by atoms with Crippen LogP contribution in [0.2, 0.25) is 0 Å². The molecule has 2 N–H and O–H groups in total. The number of benzene rings is 2. The predicted molar refractivity (Wildman–Crippen MR) is 84.2 cm³/mol. The van der Waals surface area contributed by atoms with Crippen molar-refractivity contribution in [2.75, 3.05) is 21.3 Å². The monoisotopic (exact) mass is 287 g/mol. The Morgan fingerprint density at radius 3 is 2.05 bits per heavy atom. The van der Waals surface area contributed by atoms with Crippen molar-refractivity contribution in [1.82, 2.24) is 0 Å². The molecule has 0 amide bonds. The van der Waals surface area contributed by atoms with E-state index in [0.717, 1.165) is 28.0 Å². The largest absolute Gasteiger partial charge is 0.497 e. The van der Waals surface area contributed by atoms with Crippen LogP contribution in [0.15, 0.2) is 30.3 Å². The summed E-state index contributed by atoms with van der Waals surface area (Å²) in [7, 11) is 4.91. The first-order chi connectivity index (χ1) is 10.1. The molecule has 0 heterocycles. The van der Waals surface area contributed by atoms with E-state index in [1.54, 1.807) is 21.3 Å². The van der Waals surface area contributed by atoms with Crippen molar-refractivity contribution in [3.05, 3.63) is 41.5 Å². The van der Waals surface area contributed by atoms with Gasteiger partial charge in [0.05, 0.1) is 21.3 Å². The third-order valence-corrected chi connectivity index (χ3v) is 3.55. The van der Waals surface area contributed by atoms with Crippen LogP contribution in [0.1, 0.15) is 11.1 Å². The van der Waals surface area contributed by atoms with E-state index in [1.165, 1.54) is 0 Å². The molecule has 4 heteroatoms. The maximum atomic E-state index is 5.89. The molecule has 0 spiro atoms. The molecule has 112 valence electrons. The van der Waals surface area contributed by atoms with Crippen LogP contribution in [0, 0.1) is 6.92 Å². The van der Waals surface area contributed by atoms with Gasteiger partial charge in [-0.25, -0.2) is 0 Å². The molecule has 21 heavy (non-hydrogen) atoms. The van der Waals surface area contributed by atoms with Gasteiger partial charge in [0.2, 0.25) is 0 Å². The SMILES string of the molecule is COc1ccc(-c2cc(OC)c(OC)cc2CN)c(C)c1. The molecule has 0 saturated carbocycles. The normalized spacial score (nSPS) is 10.3. The molecule has 0 unspecified atom stereocenters. The number of hydrogen-bond donors (Lipinski definition) is 1. The van der Waals surface area contributed by atoms with Gasteiger partial charge in [-0.1, -0.05) is 6.07 Å². The third-order valence-electron chi connectivity index (χ3n) is 3.55. The highest BCUT2D eigenvalue weighted by Crippen LogP contribution is 2.37. The maximum Gasteiger partial charge on any atom is 0.161 e. The standard InChI is InChI=1S/C17H21NO3/c1-11-7-13(19-2)5-6-14(11)15-9-17(21-4)16(20-3)8-12(15)10-18/h5-9H,10,18H2,1-4H3. The zero-order valence-electron chi connectivity index (χ0n) is 12.9. The minimum atomic E-state index is 0.432. The summed E-state index contributed by atoms with van der Waals surface area (Å²) in [5.41, 5.74) is 10.2. The van der Waals surface area contributed by atoms with Gasteiger partial charge in [-0.05, 0) is 53.4 Å². The highest BCUT2D eigenvalue weighted by Gasteiger charge is 2.13. The Balaban J connectivity index is 2.62. The summed E-state index contributed by atoms with van der Waals surface area (Å²) in [5, 5.41) is 0. The molecule has 0 aromatic heterocycles. The van der Waals surface area contributed by atoms with Gasteiger partial charge < -0.3 is 19.9 Å². The highest BCUT2D eigenvalue weighted by molar-refractivity contribution is 5.74. The van der Waals surface area contributed by atoms with Gasteiger partial charge in [-0.3, -0.25) is 0 Å². The molecule has 2 aromatic carbocycles. The fourth-order valence-electron chi connectivity index (χ4n) is 2.41. The van der Waals surface area contributed by atoms with Crippen molar-refractivity contribution >= 4 is 0 Å². The van der Waals surface area contributed by atoms with Crippen molar-refractivity contribution in [2.45, 2.75) is 13.5 Å². The van der Waals surface area contributed by atoms with Gasteiger partial charge >= 0.3 is 0 Å². The second-order valence-electron chi connectivity index (χ2n) is 4.75. The quantitative estimate of drug-likeness (QED) is 0.918. The first-order valence-corrected chi connectivity index (χ1v) is 6.74. The van der Waals surface area contributed by atoms with Gasteiger partial charge in [0.15, 0.2) is 11.5 Å². The van der Waals surface area contributed by atoms with E-state index in [9.17, 15) is 0 Å². The van der Waals surface area contributed by atoms with Gasteiger partial charge in [0.25, 0.3) is 0 Å². The Morgan fingerprint density at radius 2 is 1.52 bits per heavy atom. The number of nitrogens with two attached hydrogens (primary N) is 1. The fraction of sp³-hybridized carbons (Fsp3) is 0.294. The Hall–Kier alpha value is -2.20. The molecule has 0 saturated heterocycles. The van der Waals surface area contributed by atoms with Gasteiger partial charge in [0.1, 0.15) is 5.75 Å². The molecule has 2 rings (SSSR count). The first-order valence-electron chi connectivity index (χ1n) is 6.74. The van der Waals surface area contributed by atoms with E-state index in [1.807, 2.05) is 30.3 Å². The Morgan fingerprint density at radius 1 is 0.857 bits per heavy atom. The Labute approximate surface area is 125 Å². The van der Waals surface area contributed by atoms with E-state index in [0.29, 0.717) is 18.0 Å². The van der Waals surface area contributed by atoms with Crippen molar-refractivity contribution in [3.63, 3.8) is 0 Å². The summed E-state index contributed by atoms with van der Waals surface area (Å²) in [5.74, 6) is 2.22. The second-order valence-corrected chi connectivity index (χ2v) is 4.75. The number of rotatable bonds is 5. The molecule has 0 aliphatic heterocycles. The Bertz CT molecular complexity index is 638. The van der Waals surface area contributed by atoms with Crippen LogP contribution >= 0.6 is 0 Å². The number of ether oxygens (including phenoxy) is 3. The van der Waals surface area contributed by atoms with Crippen LogP contribution in [0.4, 0.5) is 0 Å². The molecule has 0 radical (unpaired) electrons. The van der Waals surface area contributed by atoms with Crippen LogP contribution in [0.3, 0.4) is 0 Å². The minimum absolute atomic E-state index is 0.432. The lowest BCUT2D eigenvalue weighted by atomic mass is 9.95. The Kier molecular flexibility index (Phi) is 4.70. The molecule has 0 aliphatic carbocycles. The summed E-state index contributed by atoms with van der Waals surface area (Å²) < 4.78 is 16.0. The lowest BCUT2D eigenvalue weighted by Crippen LogP contribution is -2.02. The average molecular weight is 287 g/mol. The van der Waals surface area contributed by atoms with E-state index in [2.05, 4.69) is 6.92 Å².